The van der Waals surface area contributed by atoms with Crippen LogP contribution in [-0.4, -0.2) is 82.5 Å². The van der Waals surface area contributed by atoms with Crippen molar-refractivity contribution in [1.82, 2.24) is 15.5 Å². The van der Waals surface area contributed by atoms with Crippen molar-refractivity contribution < 1.29 is 43.0 Å². The van der Waals surface area contributed by atoms with Crippen LogP contribution in [0.15, 0.2) is 0 Å². The predicted octanol–water partition coefficient (Wildman–Crippen LogP) is 7.44. The highest BCUT2D eigenvalue weighted by atomic mass is 16.6. The second-order valence-electron chi connectivity index (χ2n) is 18.0. The molecule has 0 radical (unpaired) electrons. The first kappa shape index (κ1) is 48.8. The summed E-state index contributed by atoms with van der Waals surface area (Å²) in [5.41, 5.74) is -2.56. The Hall–Kier alpha value is -3.18. The fourth-order valence-corrected chi connectivity index (χ4v) is 5.33. The van der Waals surface area contributed by atoms with Crippen LogP contribution in [-0.2, 0) is 38.2 Å². The lowest BCUT2D eigenvalue weighted by Gasteiger charge is -2.33. The first-order valence-electron chi connectivity index (χ1n) is 19.2. The number of nitrogens with one attached hydrogen (secondary N) is 2. The number of amides is 3. The van der Waals surface area contributed by atoms with E-state index in [1.165, 1.54) is 4.90 Å². The van der Waals surface area contributed by atoms with Crippen molar-refractivity contribution in [3.8, 4) is 0 Å². The van der Waals surface area contributed by atoms with Crippen molar-refractivity contribution in [1.29, 1.82) is 0 Å². The van der Waals surface area contributed by atoms with E-state index in [1.54, 1.807) is 62.3 Å². The molecule has 0 saturated heterocycles. The van der Waals surface area contributed by atoms with Crippen LogP contribution in [0.3, 0.4) is 0 Å². The second kappa shape index (κ2) is 22.1. The van der Waals surface area contributed by atoms with Gasteiger partial charge in [0.25, 0.3) is 0 Å². The Morgan fingerprint density at radius 2 is 1.15 bits per heavy atom. The average Bonchev–Trinajstić information content (AvgIpc) is 2.95. The molecule has 0 saturated carbocycles. The second-order valence-corrected chi connectivity index (χ2v) is 18.0. The summed E-state index contributed by atoms with van der Waals surface area (Å²) < 4.78 is 16.4. The summed E-state index contributed by atoms with van der Waals surface area (Å²) in [6, 6.07) is -1.97. The fourth-order valence-electron chi connectivity index (χ4n) is 5.33. The van der Waals surface area contributed by atoms with Gasteiger partial charge in [-0.3, -0.25) is 19.2 Å². The molecule has 3 amide bonds. The van der Waals surface area contributed by atoms with E-state index in [0.29, 0.717) is 19.3 Å². The van der Waals surface area contributed by atoms with Crippen LogP contribution in [0.5, 0.6) is 0 Å². The normalized spacial score (nSPS) is 14.0. The Morgan fingerprint density at radius 3 is 1.67 bits per heavy atom. The lowest BCUT2D eigenvalue weighted by atomic mass is 9.83. The highest BCUT2D eigenvalue weighted by Crippen LogP contribution is 2.24. The maximum absolute atomic E-state index is 13.3. The minimum Gasteiger partial charge on any atom is -0.460 e. The van der Waals surface area contributed by atoms with Crippen LogP contribution < -0.4 is 10.6 Å². The third kappa shape index (κ3) is 24.1. The zero-order chi connectivity index (χ0) is 40.5. The number of hydrogen-bond acceptors (Lipinski definition) is 9. The fraction of sp³-hybridized carbons (Fsp3) is 0.850. The van der Waals surface area contributed by atoms with E-state index in [9.17, 15) is 28.8 Å². The van der Waals surface area contributed by atoms with Crippen molar-refractivity contribution in [3.05, 3.63) is 0 Å². The number of unbranched alkanes of at least 4 members (excludes halogenated alkanes) is 3. The van der Waals surface area contributed by atoms with Gasteiger partial charge in [-0.15, -0.1) is 0 Å². The highest BCUT2D eigenvalue weighted by Gasteiger charge is 2.31. The van der Waals surface area contributed by atoms with Crippen LogP contribution in [0.25, 0.3) is 0 Å². The van der Waals surface area contributed by atoms with E-state index < -0.39 is 46.8 Å². The number of urea groups is 1. The number of nitrogens with zero attached hydrogens (tertiary/aromatic N) is 1. The van der Waals surface area contributed by atoms with E-state index in [1.807, 2.05) is 27.7 Å². The summed E-state index contributed by atoms with van der Waals surface area (Å²) in [5.74, 6) is -1.99. The highest BCUT2D eigenvalue weighted by molar-refractivity contribution is 5.88. The third-order valence-corrected chi connectivity index (χ3v) is 8.04. The molecule has 3 atom stereocenters. The van der Waals surface area contributed by atoms with Gasteiger partial charge in [-0.2, -0.15) is 0 Å². The lowest BCUT2D eigenvalue weighted by Crippen LogP contribution is -2.53. The SMILES string of the molecule is CCCCC[C@H](C)C(=O)CCC(=O)N(CCCC[C@H](NC(=O)N[C@@H](CCC(=O)OC(C)(C)C)C(=O)OC(C)(C)C)C(C)(C)C)CC(=O)OC(C)(C)C. The molecule has 0 bridgehead atoms. The molecule has 0 aromatic carbocycles. The van der Waals surface area contributed by atoms with Crippen molar-refractivity contribution in [2.24, 2.45) is 11.3 Å². The number of Topliss-reactive ketones (excluding diaryl/α,β-unsaturated/α-hetero) is 1. The first-order chi connectivity index (χ1) is 23.6. The summed E-state index contributed by atoms with van der Waals surface area (Å²) in [5, 5.41) is 5.70. The molecule has 12 nitrogen and oxygen atoms in total. The van der Waals surface area contributed by atoms with Crippen molar-refractivity contribution in [2.45, 2.75) is 196 Å². The first-order valence-corrected chi connectivity index (χ1v) is 19.2. The van der Waals surface area contributed by atoms with Gasteiger partial charge in [0.15, 0.2) is 0 Å². The summed E-state index contributed by atoms with van der Waals surface area (Å²) >= 11 is 0. The van der Waals surface area contributed by atoms with Crippen LogP contribution in [0.1, 0.15) is 168 Å². The lowest BCUT2D eigenvalue weighted by molar-refractivity contribution is -0.159. The van der Waals surface area contributed by atoms with Crippen LogP contribution in [0.4, 0.5) is 4.79 Å². The van der Waals surface area contributed by atoms with Gasteiger partial charge in [0.2, 0.25) is 5.91 Å². The average molecular weight is 740 g/mol. The van der Waals surface area contributed by atoms with Crippen molar-refractivity contribution in [3.63, 3.8) is 0 Å². The summed E-state index contributed by atoms with van der Waals surface area (Å²) in [6.45, 7) is 25.8. The standard InChI is InChI=1S/C40H73N3O9/c1-15-16-17-20-28(2)30(44)23-24-32(45)43(27-34(47)51-39(9,10)11)26-19-18-21-31(37(3,4)5)42-36(49)41-29(35(48)52-40(12,13)14)22-25-33(46)50-38(6,7)8/h28-29,31H,15-27H2,1-14H3,(H2,41,42,49)/t28-,29-,31-/m0/s1. The topological polar surface area (TPSA) is 157 Å². The molecule has 12 heteroatoms. The molecule has 0 aliphatic rings. The molecule has 0 aliphatic heterocycles. The summed E-state index contributed by atoms with van der Waals surface area (Å²) in [6.07, 6.45) is 5.70. The zero-order valence-electron chi connectivity index (χ0n) is 35.0. The van der Waals surface area contributed by atoms with Gasteiger partial charge in [-0.1, -0.05) is 53.9 Å². The van der Waals surface area contributed by atoms with Gasteiger partial charge in [0, 0.05) is 37.8 Å². The maximum Gasteiger partial charge on any atom is 0.329 e. The summed E-state index contributed by atoms with van der Waals surface area (Å²) in [4.78, 5) is 78.9. The Bertz CT molecular complexity index is 1160. The van der Waals surface area contributed by atoms with E-state index >= 15 is 0 Å². The largest absolute Gasteiger partial charge is 0.460 e. The van der Waals surface area contributed by atoms with E-state index in [4.69, 9.17) is 14.2 Å². The predicted molar refractivity (Wildman–Crippen MR) is 203 cm³/mol. The molecular weight excluding hydrogens is 666 g/mol. The van der Waals surface area contributed by atoms with Gasteiger partial charge < -0.3 is 29.7 Å². The van der Waals surface area contributed by atoms with Crippen LogP contribution >= 0.6 is 0 Å². The van der Waals surface area contributed by atoms with Gasteiger partial charge in [0.05, 0.1) is 0 Å². The number of ketones is 1. The Labute approximate surface area is 314 Å². The van der Waals surface area contributed by atoms with E-state index in [-0.39, 0.29) is 67.8 Å². The quantitative estimate of drug-likeness (QED) is 0.0694. The summed E-state index contributed by atoms with van der Waals surface area (Å²) in [7, 11) is 0. The third-order valence-electron chi connectivity index (χ3n) is 8.04. The molecule has 0 fully saturated rings. The van der Waals surface area contributed by atoms with Crippen LogP contribution in [0, 0.1) is 11.3 Å². The zero-order valence-corrected chi connectivity index (χ0v) is 35.0. The molecule has 0 aliphatic carbocycles. The number of hydrogen-bond donors (Lipinski definition) is 2. The molecule has 0 heterocycles. The molecule has 2 N–H and O–H groups in total. The minimum absolute atomic E-state index is 0.00229. The molecular formula is C40H73N3O9. The van der Waals surface area contributed by atoms with Crippen LogP contribution in [0.2, 0.25) is 0 Å². The van der Waals surface area contributed by atoms with Gasteiger partial charge in [0.1, 0.15) is 35.2 Å². The monoisotopic (exact) mass is 740 g/mol. The Kier molecular flexibility index (Phi) is 20.8. The number of carbonyl (C=O) groups excluding carboxylic acids is 6. The molecule has 0 rings (SSSR count). The Balaban J connectivity index is 5.58. The molecule has 0 aromatic heterocycles. The Morgan fingerprint density at radius 1 is 0.615 bits per heavy atom. The smallest absolute Gasteiger partial charge is 0.329 e. The minimum atomic E-state index is -1.08. The number of esters is 3. The number of carbonyl (C=O) groups is 6. The van der Waals surface area contributed by atoms with E-state index in [0.717, 1.165) is 25.7 Å². The molecule has 52 heavy (non-hydrogen) atoms. The maximum atomic E-state index is 13.3. The van der Waals surface area contributed by atoms with E-state index in [2.05, 4.69) is 17.6 Å². The van der Waals surface area contributed by atoms with Crippen molar-refractivity contribution in [2.75, 3.05) is 13.1 Å². The van der Waals surface area contributed by atoms with Crippen molar-refractivity contribution >= 4 is 35.6 Å². The molecule has 0 spiro atoms. The van der Waals surface area contributed by atoms with Gasteiger partial charge in [-0.05, 0) is 99.8 Å². The molecule has 302 valence electrons. The van der Waals surface area contributed by atoms with Gasteiger partial charge >= 0.3 is 23.9 Å². The van der Waals surface area contributed by atoms with Gasteiger partial charge in [-0.25, -0.2) is 9.59 Å². The molecule has 0 unspecified atom stereocenters. The number of ether oxygens (including phenoxy) is 3. The molecule has 0 aromatic rings. The number of rotatable bonds is 21.